The first kappa shape index (κ1) is 16.1. The highest BCUT2D eigenvalue weighted by atomic mass is 16.1. The number of nitrogens with zero attached hydrogens (tertiary/aromatic N) is 4. The Kier molecular flexibility index (Phi) is 4.65. The Morgan fingerprint density at radius 3 is 3.16 bits per heavy atom. The quantitative estimate of drug-likeness (QED) is 0.865. The van der Waals surface area contributed by atoms with Gasteiger partial charge in [-0.05, 0) is 31.0 Å². The summed E-state index contributed by atoms with van der Waals surface area (Å²) in [6.45, 7) is 4.88. The smallest absolute Gasteiger partial charge is 0.225 e. The molecule has 1 amide bonds. The molecular weight excluding hydrogens is 316 g/mol. The molecule has 0 unspecified atom stereocenters. The number of aromatic nitrogens is 3. The van der Waals surface area contributed by atoms with Crippen LogP contribution in [-0.2, 0) is 24.4 Å². The van der Waals surface area contributed by atoms with Gasteiger partial charge in [0.2, 0.25) is 5.91 Å². The first-order valence-electron chi connectivity index (χ1n) is 8.99. The van der Waals surface area contributed by atoms with Gasteiger partial charge in [-0.3, -0.25) is 9.48 Å². The molecule has 4 rings (SSSR count). The maximum atomic E-state index is 12.6. The maximum absolute atomic E-state index is 12.6. The van der Waals surface area contributed by atoms with Crippen molar-refractivity contribution in [3.63, 3.8) is 0 Å². The first-order chi connectivity index (χ1) is 12.3. The first-order valence-corrected chi connectivity index (χ1v) is 8.99. The number of carbonyl (C=O) groups is 1. The van der Waals surface area contributed by atoms with Gasteiger partial charge in [0.05, 0.1) is 30.4 Å². The van der Waals surface area contributed by atoms with Gasteiger partial charge in [0.25, 0.3) is 0 Å². The summed E-state index contributed by atoms with van der Waals surface area (Å²) in [7, 11) is 0. The molecule has 4 heterocycles. The second kappa shape index (κ2) is 7.23. The molecule has 7 nitrogen and oxygen atoms in total. The van der Waals surface area contributed by atoms with E-state index in [-0.39, 0.29) is 11.8 Å². The van der Waals surface area contributed by atoms with E-state index >= 15 is 0 Å². The van der Waals surface area contributed by atoms with Crippen molar-refractivity contribution in [2.24, 2.45) is 5.92 Å². The molecule has 1 saturated heterocycles. The Morgan fingerprint density at radius 1 is 1.36 bits per heavy atom. The third-order valence-electron chi connectivity index (χ3n) is 4.93. The second-order valence-electron chi connectivity index (χ2n) is 6.72. The minimum Gasteiger partial charge on any atom is -0.356 e. The van der Waals surface area contributed by atoms with Crippen molar-refractivity contribution in [3.8, 4) is 0 Å². The summed E-state index contributed by atoms with van der Waals surface area (Å²) in [4.78, 5) is 19.2. The average molecular weight is 340 g/mol. The predicted molar refractivity (Wildman–Crippen MR) is 95.0 cm³/mol. The number of fused-ring (bicyclic) bond motifs is 1. The minimum absolute atomic E-state index is 0.00895. The maximum Gasteiger partial charge on any atom is 0.225 e. The van der Waals surface area contributed by atoms with Crippen LogP contribution in [-0.4, -0.2) is 40.3 Å². The van der Waals surface area contributed by atoms with Gasteiger partial charge < -0.3 is 15.5 Å². The highest BCUT2D eigenvalue weighted by molar-refractivity contribution is 5.79. The second-order valence-corrected chi connectivity index (χ2v) is 6.72. The van der Waals surface area contributed by atoms with Crippen molar-refractivity contribution in [2.75, 3.05) is 24.5 Å². The third kappa shape index (κ3) is 3.66. The topological polar surface area (TPSA) is 75.1 Å². The zero-order chi connectivity index (χ0) is 17.1. The molecule has 0 aliphatic carbocycles. The summed E-state index contributed by atoms with van der Waals surface area (Å²) in [6.07, 6.45) is 3.74. The van der Waals surface area contributed by atoms with Crippen LogP contribution in [0.25, 0.3) is 0 Å². The van der Waals surface area contributed by atoms with Crippen molar-refractivity contribution in [1.82, 2.24) is 25.4 Å². The molecule has 2 aliphatic rings. The average Bonchev–Trinajstić information content (AvgIpc) is 3.10. The Balaban J connectivity index is 1.34. The molecule has 0 aromatic carbocycles. The number of hydrogen-bond acceptors (Lipinski definition) is 5. The molecule has 2 aromatic heterocycles. The summed E-state index contributed by atoms with van der Waals surface area (Å²) in [6, 6.07) is 7.98. The van der Waals surface area contributed by atoms with Gasteiger partial charge in [-0.2, -0.15) is 5.10 Å². The number of piperidine rings is 1. The number of amides is 1. The Hall–Kier alpha value is -2.41. The lowest BCUT2D eigenvalue weighted by Gasteiger charge is -2.32. The highest BCUT2D eigenvalue weighted by Gasteiger charge is 2.26. The van der Waals surface area contributed by atoms with Crippen LogP contribution in [0.1, 0.15) is 24.2 Å². The van der Waals surface area contributed by atoms with E-state index in [0.29, 0.717) is 6.54 Å². The minimum atomic E-state index is 0.00895. The normalized spacial score (nSPS) is 20.2. The summed E-state index contributed by atoms with van der Waals surface area (Å²) < 4.78 is 2.03. The van der Waals surface area contributed by atoms with Crippen LogP contribution in [0.5, 0.6) is 0 Å². The zero-order valence-corrected chi connectivity index (χ0v) is 14.3. The van der Waals surface area contributed by atoms with Gasteiger partial charge in [-0.25, -0.2) is 4.98 Å². The Morgan fingerprint density at radius 2 is 2.32 bits per heavy atom. The summed E-state index contributed by atoms with van der Waals surface area (Å²) in [5.41, 5.74) is 2.12. The monoisotopic (exact) mass is 340 g/mol. The molecule has 0 radical (unpaired) electrons. The van der Waals surface area contributed by atoms with Crippen LogP contribution in [0.2, 0.25) is 0 Å². The molecule has 1 fully saturated rings. The van der Waals surface area contributed by atoms with E-state index in [2.05, 4.69) is 31.7 Å². The predicted octanol–water partition coefficient (Wildman–Crippen LogP) is 0.914. The molecule has 1 atom stereocenters. The molecule has 2 N–H and O–H groups in total. The number of rotatable bonds is 4. The van der Waals surface area contributed by atoms with Crippen molar-refractivity contribution < 1.29 is 4.79 Å². The number of carbonyl (C=O) groups excluding carboxylic acids is 1. The van der Waals surface area contributed by atoms with Gasteiger partial charge in [0, 0.05) is 32.4 Å². The molecule has 0 bridgehead atoms. The fraction of sp³-hybridized carbons (Fsp3) is 0.500. The van der Waals surface area contributed by atoms with E-state index in [1.807, 2.05) is 22.9 Å². The third-order valence-corrected chi connectivity index (χ3v) is 4.93. The van der Waals surface area contributed by atoms with Gasteiger partial charge >= 0.3 is 0 Å². The van der Waals surface area contributed by atoms with E-state index in [1.54, 1.807) is 6.20 Å². The van der Waals surface area contributed by atoms with Crippen LogP contribution in [0.3, 0.4) is 0 Å². The fourth-order valence-electron chi connectivity index (χ4n) is 3.60. The van der Waals surface area contributed by atoms with Crippen LogP contribution in [0, 0.1) is 5.92 Å². The van der Waals surface area contributed by atoms with Crippen molar-refractivity contribution in [3.05, 3.63) is 41.9 Å². The fourth-order valence-corrected chi connectivity index (χ4v) is 3.60. The lowest BCUT2D eigenvalue weighted by atomic mass is 9.97. The van der Waals surface area contributed by atoms with E-state index < -0.39 is 0 Å². The Bertz CT molecular complexity index is 705. The Labute approximate surface area is 147 Å². The summed E-state index contributed by atoms with van der Waals surface area (Å²) >= 11 is 0. The van der Waals surface area contributed by atoms with Crippen LogP contribution < -0.4 is 15.5 Å². The summed E-state index contributed by atoms with van der Waals surface area (Å²) in [5, 5.41) is 11.0. The van der Waals surface area contributed by atoms with Crippen molar-refractivity contribution in [2.45, 2.75) is 32.5 Å². The largest absolute Gasteiger partial charge is 0.356 e. The molecular formula is C18H24N6O. The number of hydrogen-bond donors (Lipinski definition) is 2. The van der Waals surface area contributed by atoms with Gasteiger partial charge in [-0.15, -0.1) is 0 Å². The lowest BCUT2D eigenvalue weighted by molar-refractivity contribution is -0.125. The number of nitrogens with one attached hydrogen (secondary N) is 2. The van der Waals surface area contributed by atoms with E-state index in [9.17, 15) is 4.79 Å². The van der Waals surface area contributed by atoms with E-state index in [1.165, 1.54) is 5.69 Å². The van der Waals surface area contributed by atoms with Gasteiger partial charge in [0.1, 0.15) is 5.82 Å². The lowest BCUT2D eigenvalue weighted by Crippen LogP contribution is -2.43. The van der Waals surface area contributed by atoms with Gasteiger partial charge in [-0.1, -0.05) is 6.07 Å². The molecule has 2 aromatic rings. The standard InChI is InChI=1S/C18H24N6O/c25-18(21-11-15-10-16-12-19-7-9-24(16)22-15)14-4-3-8-23(13-14)17-5-1-2-6-20-17/h1-2,5-6,10,14,19H,3-4,7-9,11-13H2,(H,21,25)/t14-/m0/s1. The van der Waals surface area contributed by atoms with Gasteiger partial charge in [0.15, 0.2) is 0 Å². The molecule has 25 heavy (non-hydrogen) atoms. The number of anilines is 1. The molecule has 2 aliphatic heterocycles. The van der Waals surface area contributed by atoms with Crippen molar-refractivity contribution in [1.29, 1.82) is 0 Å². The molecule has 132 valence electrons. The SMILES string of the molecule is O=C(NCc1cc2n(n1)CCNC2)[C@H]1CCCN(c2ccccn2)C1. The molecule has 7 heteroatoms. The number of pyridine rings is 1. The zero-order valence-electron chi connectivity index (χ0n) is 14.3. The van der Waals surface area contributed by atoms with Crippen LogP contribution >= 0.6 is 0 Å². The van der Waals surface area contributed by atoms with Crippen LogP contribution in [0.4, 0.5) is 5.82 Å². The van der Waals surface area contributed by atoms with E-state index in [4.69, 9.17) is 0 Å². The van der Waals surface area contributed by atoms with E-state index in [0.717, 1.165) is 57.1 Å². The molecule has 0 spiro atoms. The van der Waals surface area contributed by atoms with Crippen LogP contribution in [0.15, 0.2) is 30.5 Å². The summed E-state index contributed by atoms with van der Waals surface area (Å²) in [5.74, 6) is 1.08. The van der Waals surface area contributed by atoms with Crippen molar-refractivity contribution >= 4 is 11.7 Å². The highest BCUT2D eigenvalue weighted by Crippen LogP contribution is 2.21. The molecule has 0 saturated carbocycles.